The second-order valence-electron chi connectivity index (χ2n) is 5.28. The molecule has 1 rings (SSSR count). The van der Waals surface area contributed by atoms with Gasteiger partial charge < -0.3 is 10.1 Å². The molecule has 5 nitrogen and oxygen atoms in total. The number of nitrogens with one attached hydrogen (secondary N) is 1. The molecular formula is C15H24N2O3. The van der Waals surface area contributed by atoms with E-state index < -0.39 is 0 Å². The highest BCUT2D eigenvalue weighted by Gasteiger charge is 2.11. The van der Waals surface area contributed by atoms with Crippen LogP contribution in [-0.4, -0.2) is 18.1 Å². The first-order valence-electron chi connectivity index (χ1n) is 7.15. The molecule has 20 heavy (non-hydrogen) atoms. The van der Waals surface area contributed by atoms with Gasteiger partial charge in [-0.3, -0.25) is 10.1 Å². The van der Waals surface area contributed by atoms with Gasteiger partial charge in [-0.2, -0.15) is 0 Å². The van der Waals surface area contributed by atoms with Crippen molar-refractivity contribution in [1.82, 2.24) is 5.32 Å². The Kier molecular flexibility index (Phi) is 7.01. The highest BCUT2D eigenvalue weighted by atomic mass is 16.6. The minimum absolute atomic E-state index is 0.106. The van der Waals surface area contributed by atoms with E-state index in [1.54, 1.807) is 12.1 Å². The maximum absolute atomic E-state index is 10.9. The molecule has 5 heteroatoms. The molecule has 1 N–H and O–H groups in total. The fourth-order valence-corrected chi connectivity index (χ4v) is 1.78. The molecular weight excluding hydrogens is 256 g/mol. The summed E-state index contributed by atoms with van der Waals surface area (Å²) in [6, 6.07) is 4.78. The second kappa shape index (κ2) is 8.53. The molecule has 0 aliphatic heterocycles. The summed E-state index contributed by atoms with van der Waals surface area (Å²) in [7, 11) is 0. The Morgan fingerprint density at radius 3 is 2.75 bits per heavy atom. The lowest BCUT2D eigenvalue weighted by molar-refractivity contribution is -0.384. The topological polar surface area (TPSA) is 64.4 Å². The fourth-order valence-electron chi connectivity index (χ4n) is 1.78. The SMILES string of the molecule is CCCCOc1ccc([N+](=O)[O-])cc1CNCC(C)C. The molecule has 0 heterocycles. The number of hydrogen-bond donors (Lipinski definition) is 1. The first-order valence-corrected chi connectivity index (χ1v) is 7.15. The lowest BCUT2D eigenvalue weighted by atomic mass is 10.1. The molecule has 0 atom stereocenters. The van der Waals surface area contributed by atoms with Gasteiger partial charge in [-0.1, -0.05) is 27.2 Å². The van der Waals surface area contributed by atoms with Crippen LogP contribution in [0.2, 0.25) is 0 Å². The zero-order chi connectivity index (χ0) is 15.0. The molecule has 0 unspecified atom stereocenters. The van der Waals surface area contributed by atoms with Crippen molar-refractivity contribution in [1.29, 1.82) is 0 Å². The molecule has 0 saturated heterocycles. The van der Waals surface area contributed by atoms with E-state index in [-0.39, 0.29) is 10.6 Å². The van der Waals surface area contributed by atoms with E-state index in [9.17, 15) is 10.1 Å². The number of nitro groups is 1. The summed E-state index contributed by atoms with van der Waals surface area (Å²) in [5.74, 6) is 1.28. The van der Waals surface area contributed by atoms with Gasteiger partial charge in [-0.05, 0) is 24.9 Å². The molecule has 0 aliphatic carbocycles. The van der Waals surface area contributed by atoms with Gasteiger partial charge in [0.2, 0.25) is 0 Å². The summed E-state index contributed by atoms with van der Waals surface area (Å²) in [5.41, 5.74) is 0.949. The molecule has 0 bridgehead atoms. The quantitative estimate of drug-likeness (QED) is 0.427. The molecule has 0 aromatic heterocycles. The first kappa shape index (κ1) is 16.4. The average molecular weight is 280 g/mol. The van der Waals surface area contributed by atoms with E-state index >= 15 is 0 Å². The minimum atomic E-state index is -0.373. The Bertz CT molecular complexity index is 433. The summed E-state index contributed by atoms with van der Waals surface area (Å²) >= 11 is 0. The van der Waals surface area contributed by atoms with Gasteiger partial charge in [0.05, 0.1) is 11.5 Å². The number of rotatable bonds is 9. The molecule has 0 fully saturated rings. The number of unbranched alkanes of at least 4 members (excludes halogenated alkanes) is 1. The zero-order valence-electron chi connectivity index (χ0n) is 12.5. The van der Waals surface area contributed by atoms with Gasteiger partial charge in [-0.15, -0.1) is 0 Å². The standard InChI is InChI=1S/C15H24N2O3/c1-4-5-8-20-15-7-6-14(17(18)19)9-13(15)11-16-10-12(2)3/h6-7,9,12,16H,4-5,8,10-11H2,1-3H3. The summed E-state index contributed by atoms with van der Waals surface area (Å²) < 4.78 is 5.71. The first-order chi connectivity index (χ1) is 9.54. The van der Waals surface area contributed by atoms with Crippen molar-refractivity contribution in [3.8, 4) is 5.75 Å². The Morgan fingerprint density at radius 2 is 2.15 bits per heavy atom. The van der Waals surface area contributed by atoms with Gasteiger partial charge in [0.25, 0.3) is 5.69 Å². The Hall–Kier alpha value is -1.62. The molecule has 1 aromatic rings. The van der Waals surface area contributed by atoms with Crippen LogP contribution in [0, 0.1) is 16.0 Å². The normalized spacial score (nSPS) is 10.8. The van der Waals surface area contributed by atoms with Crippen LogP contribution in [0.4, 0.5) is 5.69 Å². The van der Waals surface area contributed by atoms with Gasteiger partial charge in [0.1, 0.15) is 5.75 Å². The smallest absolute Gasteiger partial charge is 0.270 e. The second-order valence-corrected chi connectivity index (χ2v) is 5.28. The lowest BCUT2D eigenvalue weighted by Gasteiger charge is -2.13. The summed E-state index contributed by atoms with van der Waals surface area (Å²) in [6.07, 6.45) is 2.05. The molecule has 0 aliphatic rings. The van der Waals surface area contributed by atoms with E-state index in [1.165, 1.54) is 6.07 Å². The van der Waals surface area contributed by atoms with Crippen molar-refractivity contribution in [2.75, 3.05) is 13.2 Å². The van der Waals surface area contributed by atoms with Crippen molar-refractivity contribution in [2.24, 2.45) is 5.92 Å². The van der Waals surface area contributed by atoms with E-state index in [4.69, 9.17) is 4.74 Å². The van der Waals surface area contributed by atoms with Gasteiger partial charge >= 0.3 is 0 Å². The highest BCUT2D eigenvalue weighted by Crippen LogP contribution is 2.24. The van der Waals surface area contributed by atoms with Gasteiger partial charge in [0.15, 0.2) is 0 Å². The average Bonchev–Trinajstić information content (AvgIpc) is 2.39. The molecule has 0 amide bonds. The van der Waals surface area contributed by atoms with Crippen LogP contribution < -0.4 is 10.1 Å². The molecule has 0 spiro atoms. The van der Waals surface area contributed by atoms with Crippen molar-refractivity contribution in [3.05, 3.63) is 33.9 Å². The Labute approximate surface area is 120 Å². The molecule has 1 aromatic carbocycles. The number of benzene rings is 1. The summed E-state index contributed by atoms with van der Waals surface area (Å²) in [6.45, 7) is 8.45. The highest BCUT2D eigenvalue weighted by molar-refractivity contribution is 5.43. The largest absolute Gasteiger partial charge is 0.493 e. The van der Waals surface area contributed by atoms with E-state index in [0.29, 0.717) is 19.1 Å². The third kappa shape index (κ3) is 5.57. The van der Waals surface area contributed by atoms with Gasteiger partial charge in [0, 0.05) is 24.2 Å². The van der Waals surface area contributed by atoms with Crippen LogP contribution in [-0.2, 0) is 6.54 Å². The number of ether oxygens (including phenoxy) is 1. The monoisotopic (exact) mass is 280 g/mol. The van der Waals surface area contributed by atoms with Crippen molar-refractivity contribution >= 4 is 5.69 Å². The maximum atomic E-state index is 10.9. The zero-order valence-corrected chi connectivity index (χ0v) is 12.5. The molecule has 112 valence electrons. The lowest BCUT2D eigenvalue weighted by Crippen LogP contribution is -2.19. The Balaban J connectivity index is 2.77. The third-order valence-corrected chi connectivity index (χ3v) is 2.88. The van der Waals surface area contributed by atoms with E-state index in [2.05, 4.69) is 26.1 Å². The summed E-state index contributed by atoms with van der Waals surface area (Å²) in [5, 5.41) is 14.1. The molecule has 0 saturated carbocycles. The van der Waals surface area contributed by atoms with Gasteiger partial charge in [-0.25, -0.2) is 0 Å². The predicted octanol–water partition coefficient (Wildman–Crippen LogP) is 3.52. The van der Waals surface area contributed by atoms with Crippen molar-refractivity contribution in [3.63, 3.8) is 0 Å². The van der Waals surface area contributed by atoms with E-state index in [1.807, 2.05) is 0 Å². The van der Waals surface area contributed by atoms with Crippen LogP contribution in [0.1, 0.15) is 39.2 Å². The van der Waals surface area contributed by atoms with Crippen LogP contribution in [0.15, 0.2) is 18.2 Å². The predicted molar refractivity (Wildman–Crippen MR) is 80.0 cm³/mol. The van der Waals surface area contributed by atoms with Crippen molar-refractivity contribution < 1.29 is 9.66 Å². The van der Waals surface area contributed by atoms with Crippen LogP contribution >= 0.6 is 0 Å². The maximum Gasteiger partial charge on any atom is 0.270 e. The summed E-state index contributed by atoms with van der Waals surface area (Å²) in [4.78, 5) is 10.5. The molecule has 0 radical (unpaired) electrons. The third-order valence-electron chi connectivity index (χ3n) is 2.88. The number of nitrogens with zero attached hydrogens (tertiary/aromatic N) is 1. The van der Waals surface area contributed by atoms with Crippen LogP contribution in [0.3, 0.4) is 0 Å². The fraction of sp³-hybridized carbons (Fsp3) is 0.600. The number of non-ortho nitro benzene ring substituents is 1. The van der Waals surface area contributed by atoms with Crippen LogP contribution in [0.5, 0.6) is 5.75 Å². The van der Waals surface area contributed by atoms with Crippen LogP contribution in [0.25, 0.3) is 0 Å². The van der Waals surface area contributed by atoms with Crippen molar-refractivity contribution in [2.45, 2.75) is 40.2 Å². The number of hydrogen-bond acceptors (Lipinski definition) is 4. The van der Waals surface area contributed by atoms with E-state index in [0.717, 1.165) is 30.7 Å². The Morgan fingerprint density at radius 1 is 1.40 bits per heavy atom. The minimum Gasteiger partial charge on any atom is -0.493 e. The number of nitro benzene ring substituents is 1.